The molecule has 0 fully saturated rings. The first kappa shape index (κ1) is 37.2. The summed E-state index contributed by atoms with van der Waals surface area (Å²) >= 11 is 0. The normalized spacial score (nSPS) is 14.3. The molecule has 0 radical (unpaired) electrons. The van der Waals surface area contributed by atoms with Crippen molar-refractivity contribution in [1.29, 1.82) is 0 Å². The molecule has 2 aromatic heterocycles. The van der Waals surface area contributed by atoms with Gasteiger partial charge in [0.1, 0.15) is 0 Å². The summed E-state index contributed by atoms with van der Waals surface area (Å²) < 4.78 is 2.47. The lowest BCUT2D eigenvalue weighted by molar-refractivity contribution is 0.715. The molecule has 0 aliphatic heterocycles. The van der Waals surface area contributed by atoms with Crippen molar-refractivity contribution >= 4 is 43.5 Å². The van der Waals surface area contributed by atoms with Gasteiger partial charge in [-0.2, -0.15) is 0 Å². The van der Waals surface area contributed by atoms with Crippen LogP contribution >= 0.6 is 0 Å². The Morgan fingerprint density at radius 3 is 1.68 bits per heavy atom. The second kappa shape index (κ2) is 14.6. The fourth-order valence-corrected chi connectivity index (χ4v) is 10.6. The SMILES string of the molecule is CC1(c2ccccc2)c2cc3ccccc3cc2-c2cc3c4ccccc4n(-c4cc(-c5ccc(-c6ccccc6)cc5)cc(-c5nc(-c6ccccc6)c6ccccc6n5)c4)c3cc21. The van der Waals surface area contributed by atoms with Gasteiger partial charge in [0.05, 0.1) is 22.2 Å². The summed E-state index contributed by atoms with van der Waals surface area (Å²) in [5.74, 6) is 0.687. The quantitative estimate of drug-likeness (QED) is 0.167. The summed E-state index contributed by atoms with van der Waals surface area (Å²) in [6, 6.07) is 83.7. The first-order chi connectivity index (χ1) is 32.1. The molecule has 10 aromatic carbocycles. The summed E-state index contributed by atoms with van der Waals surface area (Å²) in [7, 11) is 0. The van der Waals surface area contributed by atoms with Gasteiger partial charge in [0.25, 0.3) is 0 Å². The van der Waals surface area contributed by atoms with Gasteiger partial charge < -0.3 is 4.57 Å². The zero-order valence-corrected chi connectivity index (χ0v) is 35.8. The highest BCUT2D eigenvalue weighted by atomic mass is 15.0. The second-order valence-corrected chi connectivity index (χ2v) is 17.5. The molecule has 304 valence electrons. The van der Waals surface area contributed by atoms with Crippen molar-refractivity contribution in [1.82, 2.24) is 14.5 Å². The first-order valence-corrected chi connectivity index (χ1v) is 22.4. The molecule has 12 aromatic rings. The third-order valence-electron chi connectivity index (χ3n) is 13.8. The lowest BCUT2D eigenvalue weighted by Crippen LogP contribution is -2.22. The van der Waals surface area contributed by atoms with Crippen LogP contribution in [0.1, 0.15) is 23.6 Å². The third-order valence-corrected chi connectivity index (χ3v) is 13.8. The molecule has 1 aliphatic carbocycles. The Morgan fingerprint density at radius 2 is 0.923 bits per heavy atom. The van der Waals surface area contributed by atoms with Gasteiger partial charge in [-0.1, -0.05) is 176 Å². The topological polar surface area (TPSA) is 30.7 Å². The molecule has 1 aliphatic rings. The minimum atomic E-state index is -0.383. The number of rotatable bonds is 6. The predicted molar refractivity (Wildman–Crippen MR) is 271 cm³/mol. The highest BCUT2D eigenvalue weighted by Crippen LogP contribution is 2.55. The Labute approximate surface area is 377 Å². The van der Waals surface area contributed by atoms with Crippen LogP contribution in [0.15, 0.2) is 231 Å². The maximum absolute atomic E-state index is 5.40. The summed E-state index contributed by atoms with van der Waals surface area (Å²) in [4.78, 5) is 10.7. The van der Waals surface area contributed by atoms with E-state index in [2.05, 4.69) is 242 Å². The monoisotopic (exact) mass is 827 g/mol. The average Bonchev–Trinajstić information content (AvgIpc) is 3.83. The molecule has 65 heavy (non-hydrogen) atoms. The molecule has 3 heteroatoms. The van der Waals surface area contributed by atoms with Crippen molar-refractivity contribution in [2.75, 3.05) is 0 Å². The van der Waals surface area contributed by atoms with Gasteiger partial charge in [-0.15, -0.1) is 0 Å². The van der Waals surface area contributed by atoms with Crippen LogP contribution < -0.4 is 0 Å². The molecule has 3 nitrogen and oxygen atoms in total. The molecular formula is C62H41N3. The largest absolute Gasteiger partial charge is 0.309 e. The Bertz CT molecular complexity index is 3810. The summed E-state index contributed by atoms with van der Waals surface area (Å²) in [6.07, 6.45) is 0. The zero-order chi connectivity index (χ0) is 43.1. The standard InChI is InChI=1S/C62H41N3/c1-62(48-23-9-4-10-24-48)55-37-45-22-12-11-21-44(45)36-52(55)53-38-54-50-25-14-16-28-58(50)65(59(54)39-56(53)62)49-34-46(42-31-29-41(30-32-42)40-17-5-2-6-18-40)33-47(35-49)61-63-57-27-15-13-26-51(57)60(64-61)43-19-7-3-8-20-43/h2-39H,1H3. The van der Waals surface area contributed by atoms with E-state index in [0.29, 0.717) is 5.82 Å². The van der Waals surface area contributed by atoms with Crippen LogP contribution in [-0.2, 0) is 5.41 Å². The maximum Gasteiger partial charge on any atom is 0.160 e. The molecule has 0 spiro atoms. The van der Waals surface area contributed by atoms with E-state index in [1.165, 1.54) is 60.5 Å². The number of aromatic nitrogens is 3. The molecule has 0 N–H and O–H groups in total. The van der Waals surface area contributed by atoms with Gasteiger partial charge in [0.2, 0.25) is 0 Å². The Hall–Kier alpha value is -8.40. The van der Waals surface area contributed by atoms with E-state index in [4.69, 9.17) is 9.97 Å². The molecule has 1 unspecified atom stereocenters. The molecule has 13 rings (SSSR count). The number of fused-ring (bicyclic) bond motifs is 8. The van der Waals surface area contributed by atoms with Gasteiger partial charge >= 0.3 is 0 Å². The number of benzene rings is 10. The lowest BCUT2D eigenvalue weighted by atomic mass is 9.74. The average molecular weight is 828 g/mol. The van der Waals surface area contributed by atoms with Crippen LogP contribution in [0.5, 0.6) is 0 Å². The minimum Gasteiger partial charge on any atom is -0.309 e. The summed E-state index contributed by atoms with van der Waals surface area (Å²) in [6.45, 7) is 2.42. The van der Waals surface area contributed by atoms with E-state index in [-0.39, 0.29) is 5.41 Å². The van der Waals surface area contributed by atoms with Crippen LogP contribution in [0.3, 0.4) is 0 Å². The Kier molecular flexibility index (Phi) is 8.34. The molecule has 0 saturated carbocycles. The van der Waals surface area contributed by atoms with Crippen LogP contribution in [0.4, 0.5) is 0 Å². The van der Waals surface area contributed by atoms with E-state index in [9.17, 15) is 0 Å². The molecule has 2 heterocycles. The molecule has 0 saturated heterocycles. The fraction of sp³-hybridized carbons (Fsp3) is 0.0323. The van der Waals surface area contributed by atoms with Crippen LogP contribution in [-0.4, -0.2) is 14.5 Å². The van der Waals surface area contributed by atoms with Gasteiger partial charge in [-0.25, -0.2) is 9.97 Å². The van der Waals surface area contributed by atoms with Gasteiger partial charge in [0.15, 0.2) is 5.82 Å². The van der Waals surface area contributed by atoms with E-state index < -0.39 is 0 Å². The fourth-order valence-electron chi connectivity index (χ4n) is 10.6. The van der Waals surface area contributed by atoms with Crippen molar-refractivity contribution in [2.45, 2.75) is 12.3 Å². The van der Waals surface area contributed by atoms with E-state index in [1.54, 1.807) is 0 Å². The van der Waals surface area contributed by atoms with E-state index in [1.807, 2.05) is 0 Å². The molecule has 0 bridgehead atoms. The zero-order valence-electron chi connectivity index (χ0n) is 35.8. The summed E-state index contributed by atoms with van der Waals surface area (Å²) in [5.41, 5.74) is 17.9. The van der Waals surface area contributed by atoms with Crippen molar-refractivity contribution in [3.63, 3.8) is 0 Å². The van der Waals surface area contributed by atoms with Gasteiger partial charge in [-0.3, -0.25) is 0 Å². The minimum absolute atomic E-state index is 0.383. The van der Waals surface area contributed by atoms with E-state index in [0.717, 1.165) is 55.6 Å². The number of hydrogen-bond donors (Lipinski definition) is 0. The number of nitrogens with zero attached hydrogens (tertiary/aromatic N) is 3. The van der Waals surface area contributed by atoms with E-state index >= 15 is 0 Å². The van der Waals surface area contributed by atoms with Crippen molar-refractivity contribution in [3.05, 3.63) is 247 Å². The smallest absolute Gasteiger partial charge is 0.160 e. The number of para-hydroxylation sites is 2. The van der Waals surface area contributed by atoms with Crippen LogP contribution in [0, 0.1) is 0 Å². The van der Waals surface area contributed by atoms with Gasteiger partial charge in [0, 0.05) is 38.4 Å². The van der Waals surface area contributed by atoms with Gasteiger partial charge in [-0.05, 0) is 122 Å². The van der Waals surface area contributed by atoms with Crippen LogP contribution in [0.2, 0.25) is 0 Å². The Morgan fingerprint density at radius 1 is 0.369 bits per heavy atom. The molecular weight excluding hydrogens is 787 g/mol. The third kappa shape index (κ3) is 5.90. The molecule has 0 amide bonds. The first-order valence-electron chi connectivity index (χ1n) is 22.4. The highest BCUT2D eigenvalue weighted by molar-refractivity contribution is 6.12. The Balaban J connectivity index is 1.08. The van der Waals surface area contributed by atoms with Crippen molar-refractivity contribution in [3.8, 4) is 61.7 Å². The maximum atomic E-state index is 5.40. The predicted octanol–water partition coefficient (Wildman–Crippen LogP) is 15.9. The van der Waals surface area contributed by atoms with Crippen molar-refractivity contribution < 1.29 is 0 Å². The van der Waals surface area contributed by atoms with Crippen molar-refractivity contribution in [2.24, 2.45) is 0 Å². The lowest BCUT2D eigenvalue weighted by Gasteiger charge is -2.28. The highest BCUT2D eigenvalue weighted by Gasteiger charge is 2.42. The second-order valence-electron chi connectivity index (χ2n) is 17.5. The number of hydrogen-bond acceptors (Lipinski definition) is 2. The van der Waals surface area contributed by atoms with Crippen LogP contribution in [0.25, 0.3) is 105 Å². The molecule has 1 atom stereocenters. The summed E-state index contributed by atoms with van der Waals surface area (Å²) in [5, 5.41) is 5.98.